The van der Waals surface area contributed by atoms with Gasteiger partial charge in [-0.1, -0.05) is 0 Å². The van der Waals surface area contributed by atoms with Gasteiger partial charge in [0.25, 0.3) is 0 Å². The molecule has 1 aromatic rings. The topological polar surface area (TPSA) is 58.2 Å². The lowest BCUT2D eigenvalue weighted by Gasteiger charge is -2.09. The molecule has 2 N–H and O–H groups in total. The molecule has 1 atom stereocenters. The molecular formula is C10H17ClN2O2S2. The Hall–Kier alpha value is -0.140. The van der Waals surface area contributed by atoms with Crippen LogP contribution in [0.4, 0.5) is 0 Å². The van der Waals surface area contributed by atoms with Crippen molar-refractivity contribution in [3.05, 3.63) is 17.0 Å². The Balaban J connectivity index is 0.00000144. The third-order valence-electron chi connectivity index (χ3n) is 2.70. The van der Waals surface area contributed by atoms with Gasteiger partial charge in [-0.2, -0.15) is 0 Å². The number of thiophene rings is 1. The molecule has 1 aliphatic heterocycles. The van der Waals surface area contributed by atoms with E-state index in [1.54, 1.807) is 6.07 Å². The first-order valence-electron chi connectivity index (χ1n) is 5.35. The molecule has 0 aromatic carbocycles. The van der Waals surface area contributed by atoms with E-state index in [1.807, 2.05) is 13.0 Å². The van der Waals surface area contributed by atoms with Crippen molar-refractivity contribution in [3.8, 4) is 0 Å². The Kier molecular flexibility index (Phi) is 5.40. The van der Waals surface area contributed by atoms with Crippen molar-refractivity contribution >= 4 is 33.8 Å². The van der Waals surface area contributed by atoms with Gasteiger partial charge in [0.1, 0.15) is 4.21 Å². The molecule has 2 heterocycles. The van der Waals surface area contributed by atoms with Gasteiger partial charge in [-0.3, -0.25) is 0 Å². The van der Waals surface area contributed by atoms with Crippen LogP contribution >= 0.6 is 23.7 Å². The second kappa shape index (κ2) is 6.15. The molecule has 0 spiro atoms. The monoisotopic (exact) mass is 296 g/mol. The molecule has 1 aromatic heterocycles. The molecule has 1 fully saturated rings. The number of aryl methyl sites for hydroxylation is 1. The Labute approximate surface area is 112 Å². The first-order chi connectivity index (χ1) is 7.58. The molecule has 0 aliphatic carbocycles. The molecule has 0 amide bonds. The molecule has 0 bridgehead atoms. The summed E-state index contributed by atoms with van der Waals surface area (Å²) >= 11 is 1.31. The van der Waals surface area contributed by atoms with Crippen molar-refractivity contribution in [1.29, 1.82) is 0 Å². The van der Waals surface area contributed by atoms with E-state index in [1.165, 1.54) is 11.3 Å². The molecule has 7 heteroatoms. The number of nitrogens with one attached hydrogen (secondary N) is 2. The van der Waals surface area contributed by atoms with Gasteiger partial charge in [-0.05, 0) is 44.5 Å². The smallest absolute Gasteiger partial charge is 0.250 e. The van der Waals surface area contributed by atoms with Crippen LogP contribution in [-0.2, 0) is 10.0 Å². The summed E-state index contributed by atoms with van der Waals surface area (Å²) in [5, 5.41) is 3.22. The van der Waals surface area contributed by atoms with E-state index in [9.17, 15) is 8.42 Å². The Morgan fingerprint density at radius 2 is 2.29 bits per heavy atom. The molecule has 2 rings (SSSR count). The van der Waals surface area contributed by atoms with E-state index in [4.69, 9.17) is 0 Å². The lowest BCUT2D eigenvalue weighted by atomic mass is 10.1. The summed E-state index contributed by atoms with van der Waals surface area (Å²) in [6.07, 6.45) is 1.05. The summed E-state index contributed by atoms with van der Waals surface area (Å²) in [5.41, 5.74) is 0. The van der Waals surface area contributed by atoms with Crippen LogP contribution < -0.4 is 10.0 Å². The van der Waals surface area contributed by atoms with Crippen LogP contribution in [0.5, 0.6) is 0 Å². The lowest BCUT2D eigenvalue weighted by Crippen LogP contribution is -2.29. The molecule has 4 nitrogen and oxygen atoms in total. The van der Waals surface area contributed by atoms with E-state index in [0.717, 1.165) is 24.4 Å². The van der Waals surface area contributed by atoms with Gasteiger partial charge in [0.05, 0.1) is 0 Å². The predicted molar refractivity (Wildman–Crippen MR) is 72.5 cm³/mol. The first-order valence-corrected chi connectivity index (χ1v) is 7.65. The Bertz CT molecular complexity index is 453. The lowest BCUT2D eigenvalue weighted by molar-refractivity contribution is 0.540. The number of rotatable bonds is 4. The Morgan fingerprint density at radius 1 is 1.53 bits per heavy atom. The van der Waals surface area contributed by atoms with E-state index < -0.39 is 10.0 Å². The van der Waals surface area contributed by atoms with Crippen LogP contribution in [0.3, 0.4) is 0 Å². The highest BCUT2D eigenvalue weighted by Crippen LogP contribution is 2.20. The highest BCUT2D eigenvalue weighted by atomic mass is 35.5. The third kappa shape index (κ3) is 3.93. The Morgan fingerprint density at radius 3 is 2.82 bits per heavy atom. The van der Waals surface area contributed by atoms with Gasteiger partial charge < -0.3 is 5.32 Å². The van der Waals surface area contributed by atoms with E-state index in [-0.39, 0.29) is 12.4 Å². The van der Waals surface area contributed by atoms with E-state index in [0.29, 0.717) is 16.7 Å². The largest absolute Gasteiger partial charge is 0.316 e. The van der Waals surface area contributed by atoms with Gasteiger partial charge in [0.2, 0.25) is 10.0 Å². The molecule has 17 heavy (non-hydrogen) atoms. The molecule has 1 saturated heterocycles. The maximum atomic E-state index is 11.9. The fourth-order valence-corrected chi connectivity index (χ4v) is 4.19. The van der Waals surface area contributed by atoms with Gasteiger partial charge >= 0.3 is 0 Å². The summed E-state index contributed by atoms with van der Waals surface area (Å²) in [6, 6.07) is 3.49. The van der Waals surface area contributed by atoms with Crippen molar-refractivity contribution in [2.75, 3.05) is 19.6 Å². The van der Waals surface area contributed by atoms with Crippen molar-refractivity contribution in [1.82, 2.24) is 10.0 Å². The van der Waals surface area contributed by atoms with Crippen LogP contribution in [-0.4, -0.2) is 28.1 Å². The number of hydrogen-bond acceptors (Lipinski definition) is 4. The van der Waals surface area contributed by atoms with Crippen LogP contribution in [0.1, 0.15) is 11.3 Å². The minimum atomic E-state index is -3.29. The zero-order chi connectivity index (χ0) is 11.6. The molecule has 98 valence electrons. The molecule has 0 saturated carbocycles. The second-order valence-electron chi connectivity index (χ2n) is 4.08. The van der Waals surface area contributed by atoms with Crippen LogP contribution in [0, 0.1) is 12.8 Å². The highest BCUT2D eigenvalue weighted by molar-refractivity contribution is 7.91. The quantitative estimate of drug-likeness (QED) is 0.882. The van der Waals surface area contributed by atoms with E-state index >= 15 is 0 Å². The van der Waals surface area contributed by atoms with Gasteiger partial charge in [-0.15, -0.1) is 23.7 Å². The average Bonchev–Trinajstić information content (AvgIpc) is 2.85. The minimum absolute atomic E-state index is 0. The zero-order valence-corrected chi connectivity index (χ0v) is 12.1. The van der Waals surface area contributed by atoms with Crippen LogP contribution in [0.15, 0.2) is 16.3 Å². The standard InChI is InChI=1S/C10H16N2O2S2.ClH/c1-8-2-3-10(15-8)16(13,14)12-7-9-4-5-11-6-9;/h2-3,9,11-12H,4-7H2,1H3;1H. The maximum absolute atomic E-state index is 11.9. The normalized spacial score (nSPS) is 20.2. The fourth-order valence-electron chi connectivity index (χ4n) is 1.74. The summed E-state index contributed by atoms with van der Waals surface area (Å²) in [4.78, 5) is 1.02. The number of halogens is 1. The molecule has 1 unspecified atom stereocenters. The molecule has 0 radical (unpaired) electrons. The van der Waals surface area contributed by atoms with Crippen LogP contribution in [0.2, 0.25) is 0 Å². The fraction of sp³-hybridized carbons (Fsp3) is 0.600. The highest BCUT2D eigenvalue weighted by Gasteiger charge is 2.20. The maximum Gasteiger partial charge on any atom is 0.250 e. The summed E-state index contributed by atoms with van der Waals surface area (Å²) < 4.78 is 26.8. The van der Waals surface area contributed by atoms with Gasteiger partial charge in [0, 0.05) is 11.4 Å². The SMILES string of the molecule is Cc1ccc(S(=O)(=O)NCC2CCNC2)s1.Cl. The van der Waals surface area contributed by atoms with Crippen molar-refractivity contribution in [2.24, 2.45) is 5.92 Å². The summed E-state index contributed by atoms with van der Waals surface area (Å²) in [6.45, 7) is 4.34. The van der Waals surface area contributed by atoms with Gasteiger partial charge in [0.15, 0.2) is 0 Å². The summed E-state index contributed by atoms with van der Waals surface area (Å²) in [7, 11) is -3.29. The van der Waals surface area contributed by atoms with Crippen molar-refractivity contribution in [2.45, 2.75) is 17.6 Å². The molecule has 1 aliphatic rings. The average molecular weight is 297 g/mol. The number of sulfonamides is 1. The second-order valence-corrected chi connectivity index (χ2v) is 7.36. The van der Waals surface area contributed by atoms with Crippen molar-refractivity contribution < 1.29 is 8.42 Å². The zero-order valence-electron chi connectivity index (χ0n) is 9.60. The summed E-state index contributed by atoms with van der Waals surface area (Å²) in [5.74, 6) is 0.427. The van der Waals surface area contributed by atoms with E-state index in [2.05, 4.69) is 10.0 Å². The van der Waals surface area contributed by atoms with Gasteiger partial charge in [-0.25, -0.2) is 13.1 Å². The minimum Gasteiger partial charge on any atom is -0.316 e. The third-order valence-corrected chi connectivity index (χ3v) is 5.62. The first kappa shape index (κ1) is 14.9. The number of hydrogen-bond donors (Lipinski definition) is 2. The van der Waals surface area contributed by atoms with Crippen LogP contribution in [0.25, 0.3) is 0 Å². The van der Waals surface area contributed by atoms with Crippen molar-refractivity contribution in [3.63, 3.8) is 0 Å². The molecular weight excluding hydrogens is 280 g/mol. The predicted octanol–water partition coefficient (Wildman–Crippen LogP) is 1.37.